The highest BCUT2D eigenvalue weighted by molar-refractivity contribution is 8.28. The van der Waals surface area contributed by atoms with Crippen LogP contribution >= 0.6 is 11.2 Å². The fourth-order valence-corrected chi connectivity index (χ4v) is 3.88. The number of rotatable bonds is 2. The summed E-state index contributed by atoms with van der Waals surface area (Å²) in [5, 5.41) is 2.99. The van der Waals surface area contributed by atoms with Gasteiger partial charge in [0.25, 0.3) is 0 Å². The Morgan fingerprint density at radius 2 is 1.93 bits per heavy atom. The Morgan fingerprint density at radius 3 is 2.43 bits per heavy atom. The molecule has 0 saturated carbocycles. The molecule has 0 radical (unpaired) electrons. The molecule has 1 rings (SSSR count). The van der Waals surface area contributed by atoms with Gasteiger partial charge in [-0.1, -0.05) is 19.6 Å². The summed E-state index contributed by atoms with van der Waals surface area (Å²) in [5.41, 5.74) is -1.39. The lowest BCUT2D eigenvalue weighted by Crippen LogP contribution is -2.34. The summed E-state index contributed by atoms with van der Waals surface area (Å²) in [4.78, 5) is 25.6. The van der Waals surface area contributed by atoms with Gasteiger partial charge in [-0.05, 0) is 0 Å². The molecule has 14 heavy (non-hydrogen) atoms. The van der Waals surface area contributed by atoms with E-state index in [4.69, 9.17) is 0 Å². The van der Waals surface area contributed by atoms with Crippen LogP contribution in [0.5, 0.6) is 0 Å². The van der Waals surface area contributed by atoms with E-state index in [1.165, 1.54) is 4.68 Å². The van der Waals surface area contributed by atoms with Crippen LogP contribution in [-0.4, -0.2) is 22.0 Å². The summed E-state index contributed by atoms with van der Waals surface area (Å²) in [6.45, 7) is 6.44. The molecule has 5 nitrogen and oxygen atoms in total. The highest BCUT2D eigenvalue weighted by atomic mass is 32.4. The lowest BCUT2D eigenvalue weighted by atomic mass is 10.8. The zero-order valence-corrected chi connectivity index (χ0v) is 10.4. The van der Waals surface area contributed by atoms with Crippen molar-refractivity contribution >= 4 is 18.4 Å². The fourth-order valence-electron chi connectivity index (χ4n) is 0.826. The highest BCUT2D eigenvalue weighted by Crippen LogP contribution is 2.25. The smallest absolute Gasteiger partial charge is 0.266 e. The van der Waals surface area contributed by atoms with E-state index >= 15 is 0 Å². The molecular weight excluding hydrogens is 218 g/mol. The average molecular weight is 231 g/mol. The van der Waals surface area contributed by atoms with Gasteiger partial charge in [-0.3, -0.25) is 19.4 Å². The number of nitrogens with zero attached hydrogens (tertiary/aromatic N) is 2. The van der Waals surface area contributed by atoms with Gasteiger partial charge in [0.2, 0.25) is 0 Å². The first-order valence-electron chi connectivity index (χ1n) is 4.16. The molecule has 0 spiro atoms. The van der Waals surface area contributed by atoms with Crippen molar-refractivity contribution in [1.29, 1.82) is 0 Å². The maximum absolute atomic E-state index is 11.0. The van der Waals surface area contributed by atoms with Crippen LogP contribution in [0.1, 0.15) is 0 Å². The molecule has 1 aromatic heterocycles. The zero-order chi connectivity index (χ0) is 10.9. The molecule has 0 aliphatic rings. The molecule has 0 unspecified atom stereocenters. The molecule has 1 aromatic rings. The molecule has 0 aliphatic carbocycles. The molecule has 1 N–H and O–H groups in total. The molecule has 7 heteroatoms. The molecule has 0 aliphatic heterocycles. The lowest BCUT2D eigenvalue weighted by Gasteiger charge is -2.15. The minimum Gasteiger partial charge on any atom is -0.266 e. The highest BCUT2D eigenvalue weighted by Gasteiger charge is 2.18. The largest absolute Gasteiger partial charge is 0.339 e. The summed E-state index contributed by atoms with van der Waals surface area (Å²) in [7, 11) is 0.280. The fraction of sp³-hybridized carbons (Fsp3) is 0.571. The van der Waals surface area contributed by atoms with Crippen molar-refractivity contribution in [1.82, 2.24) is 14.8 Å². The molecule has 0 fully saturated rings. The van der Waals surface area contributed by atoms with E-state index in [0.29, 0.717) is 5.16 Å². The van der Waals surface area contributed by atoms with Crippen LogP contribution in [0.2, 0.25) is 19.6 Å². The van der Waals surface area contributed by atoms with Gasteiger partial charge in [0.1, 0.15) is 7.22 Å². The van der Waals surface area contributed by atoms with Crippen molar-refractivity contribution in [3.8, 4) is 0 Å². The predicted molar refractivity (Wildman–Crippen MR) is 59.3 cm³/mol. The Labute approximate surface area is 86.2 Å². The first kappa shape index (κ1) is 11.3. The third-order valence-corrected chi connectivity index (χ3v) is 4.89. The van der Waals surface area contributed by atoms with E-state index < -0.39 is 18.3 Å². The Balaban J connectivity index is 3.17. The molecule has 0 amide bonds. The SMILES string of the molecule is Cn1[nH]c(=O)c(=O)nc1S[Si](C)(C)C. The average Bonchev–Trinajstić information content (AvgIpc) is 1.97. The van der Waals surface area contributed by atoms with E-state index in [1.807, 2.05) is 0 Å². The van der Waals surface area contributed by atoms with E-state index in [-0.39, 0.29) is 0 Å². The molecule has 0 aromatic carbocycles. The van der Waals surface area contributed by atoms with Crippen LogP contribution in [-0.2, 0) is 7.05 Å². The normalized spacial score (nSPS) is 11.7. The maximum Gasteiger partial charge on any atom is 0.339 e. The van der Waals surface area contributed by atoms with Crippen LogP contribution in [0.25, 0.3) is 0 Å². The molecule has 1 heterocycles. The van der Waals surface area contributed by atoms with Crippen LogP contribution in [0.3, 0.4) is 0 Å². The minimum absolute atomic E-state index is 0.578. The van der Waals surface area contributed by atoms with E-state index in [2.05, 4.69) is 29.7 Å². The van der Waals surface area contributed by atoms with Gasteiger partial charge in [-0.25, -0.2) is 0 Å². The monoisotopic (exact) mass is 231 g/mol. The summed E-state index contributed by atoms with van der Waals surface area (Å²) in [5.74, 6) is 0. The number of aryl methyl sites for hydroxylation is 1. The van der Waals surface area contributed by atoms with Crippen molar-refractivity contribution in [2.75, 3.05) is 0 Å². The van der Waals surface area contributed by atoms with E-state index in [0.717, 1.165) is 0 Å². The maximum atomic E-state index is 11.0. The van der Waals surface area contributed by atoms with Gasteiger partial charge in [-0.2, -0.15) is 4.98 Å². The molecule has 0 bridgehead atoms. The second-order valence-electron chi connectivity index (χ2n) is 3.91. The van der Waals surface area contributed by atoms with E-state index in [1.54, 1.807) is 18.3 Å². The third-order valence-electron chi connectivity index (χ3n) is 1.35. The van der Waals surface area contributed by atoms with Gasteiger partial charge in [-0.15, -0.1) is 11.2 Å². The van der Waals surface area contributed by atoms with E-state index in [9.17, 15) is 9.59 Å². The van der Waals surface area contributed by atoms with Gasteiger partial charge >= 0.3 is 11.1 Å². The Hall–Kier alpha value is -0.823. The van der Waals surface area contributed by atoms with Crippen LogP contribution in [0.15, 0.2) is 14.7 Å². The number of H-pyrrole nitrogens is 1. The number of nitrogens with one attached hydrogen (secondary N) is 1. The summed E-state index contributed by atoms with van der Waals surface area (Å²) in [6, 6.07) is 0. The number of aromatic nitrogens is 3. The molecule has 0 saturated heterocycles. The number of hydrogen-bond donors (Lipinski definition) is 1. The molecule has 78 valence electrons. The van der Waals surface area contributed by atoms with Crippen molar-refractivity contribution in [2.24, 2.45) is 7.05 Å². The standard InChI is InChI=1S/C7H13N3O2SSi/c1-10-7(13-14(2,3)4)8-5(11)6(12)9-10/h1-4H3,(H,9,12). The van der Waals surface area contributed by atoms with Crippen LogP contribution < -0.4 is 11.1 Å². The number of aromatic amines is 1. The third kappa shape index (κ3) is 2.84. The second kappa shape index (κ2) is 3.74. The quantitative estimate of drug-likeness (QED) is 0.591. The van der Waals surface area contributed by atoms with Crippen molar-refractivity contribution < 1.29 is 0 Å². The van der Waals surface area contributed by atoms with Crippen molar-refractivity contribution in [3.63, 3.8) is 0 Å². The molecular formula is C7H13N3O2SSi. The van der Waals surface area contributed by atoms with Crippen LogP contribution in [0.4, 0.5) is 0 Å². The van der Waals surface area contributed by atoms with Gasteiger partial charge < -0.3 is 0 Å². The number of hydrogen-bond acceptors (Lipinski definition) is 4. The van der Waals surface area contributed by atoms with Crippen LogP contribution in [0, 0.1) is 0 Å². The zero-order valence-electron chi connectivity index (χ0n) is 8.62. The van der Waals surface area contributed by atoms with Gasteiger partial charge in [0.05, 0.1) is 0 Å². The first-order valence-corrected chi connectivity index (χ1v) is 9.20. The minimum atomic E-state index is -1.40. The van der Waals surface area contributed by atoms with Gasteiger partial charge in [0.15, 0.2) is 5.16 Å². The summed E-state index contributed by atoms with van der Waals surface area (Å²) < 4.78 is 1.49. The van der Waals surface area contributed by atoms with Gasteiger partial charge in [0, 0.05) is 7.05 Å². The lowest BCUT2D eigenvalue weighted by molar-refractivity contribution is 0.598. The first-order chi connectivity index (χ1) is 6.29. The Morgan fingerprint density at radius 1 is 1.36 bits per heavy atom. The summed E-state index contributed by atoms with van der Waals surface area (Å²) >= 11 is 1.57. The Bertz CT molecular complexity index is 445. The van der Waals surface area contributed by atoms with Crippen molar-refractivity contribution in [3.05, 3.63) is 20.7 Å². The predicted octanol–water partition coefficient (Wildman–Crippen LogP) is 0.396. The summed E-state index contributed by atoms with van der Waals surface area (Å²) in [6.07, 6.45) is 0. The van der Waals surface area contributed by atoms with Crippen molar-refractivity contribution in [2.45, 2.75) is 24.8 Å². The Kier molecular flexibility index (Phi) is 3.00. The molecule has 0 atom stereocenters. The second-order valence-corrected chi connectivity index (χ2v) is 13.0. The topological polar surface area (TPSA) is 67.8 Å².